The van der Waals surface area contributed by atoms with Gasteiger partial charge in [0, 0.05) is 31.7 Å². The van der Waals surface area contributed by atoms with Crippen LogP contribution >= 0.6 is 11.3 Å². The van der Waals surface area contributed by atoms with E-state index < -0.39 is 23.1 Å². The summed E-state index contributed by atoms with van der Waals surface area (Å²) in [5.41, 5.74) is 1.87. The highest BCUT2D eigenvalue weighted by molar-refractivity contribution is 7.07. The number of nitriles is 1. The summed E-state index contributed by atoms with van der Waals surface area (Å²) in [4.78, 5) is 31.7. The van der Waals surface area contributed by atoms with Gasteiger partial charge in [0.1, 0.15) is 28.1 Å². The minimum absolute atomic E-state index is 0.00134. The van der Waals surface area contributed by atoms with Crippen molar-refractivity contribution in [3.63, 3.8) is 0 Å². The quantitative estimate of drug-likeness (QED) is 0.241. The van der Waals surface area contributed by atoms with Gasteiger partial charge in [0.25, 0.3) is 11.5 Å². The predicted octanol–water partition coefficient (Wildman–Crippen LogP) is 4.68. The maximum absolute atomic E-state index is 14.6. The lowest BCUT2D eigenvalue weighted by molar-refractivity contribution is -0.126. The molecule has 0 unspecified atom stereocenters. The smallest absolute Gasteiger partial charge is 0.269 e. The number of carbonyl (C=O) groups is 1. The summed E-state index contributed by atoms with van der Waals surface area (Å²) < 4.78 is 35.9. The van der Waals surface area contributed by atoms with Crippen molar-refractivity contribution in [3.8, 4) is 11.8 Å². The van der Waals surface area contributed by atoms with Gasteiger partial charge in [-0.05, 0) is 47.0 Å². The van der Waals surface area contributed by atoms with Gasteiger partial charge in [-0.15, -0.1) is 11.3 Å². The summed E-state index contributed by atoms with van der Waals surface area (Å²) >= 11 is 0.870. The minimum Gasteiger partial charge on any atom is -0.497 e. The number of hydrogen-bond acceptors (Lipinski definition) is 6. The number of thiazole rings is 1. The molecule has 0 N–H and O–H groups in total. The Hall–Kier alpha value is -5.37. The summed E-state index contributed by atoms with van der Waals surface area (Å²) in [5, 5.41) is 10.4. The van der Waals surface area contributed by atoms with E-state index in [0.29, 0.717) is 37.5 Å². The van der Waals surface area contributed by atoms with E-state index >= 15 is 0 Å². The SMILES string of the molecule is COc1ccc(Cn2c(=C(C#N)C(=O)N3CCN(C(c4ccccc4)c4ccccc4)CC3)sc(=Cc3c(F)cccc3F)c2=O)cc1. The van der Waals surface area contributed by atoms with Crippen LogP contribution in [0.2, 0.25) is 0 Å². The van der Waals surface area contributed by atoms with Crippen molar-refractivity contribution in [1.82, 2.24) is 14.4 Å². The average Bonchev–Trinajstić information content (AvgIpc) is 3.41. The second kappa shape index (κ2) is 14.6. The molecule has 0 bridgehead atoms. The van der Waals surface area contributed by atoms with Crippen LogP contribution in [0.4, 0.5) is 8.78 Å². The first-order valence-corrected chi connectivity index (χ1v) is 16.3. The highest BCUT2D eigenvalue weighted by Crippen LogP contribution is 2.29. The summed E-state index contributed by atoms with van der Waals surface area (Å²) in [6.45, 7) is 1.90. The van der Waals surface area contributed by atoms with E-state index in [2.05, 4.69) is 35.2 Å². The zero-order valence-electron chi connectivity index (χ0n) is 26.2. The van der Waals surface area contributed by atoms with E-state index in [1.54, 1.807) is 36.3 Å². The zero-order valence-corrected chi connectivity index (χ0v) is 27.0. The van der Waals surface area contributed by atoms with Gasteiger partial charge < -0.3 is 9.64 Å². The fraction of sp³-hybridized carbons (Fsp3) is 0.184. The van der Waals surface area contributed by atoms with E-state index in [-0.39, 0.29) is 32.9 Å². The Kier molecular flexibility index (Phi) is 9.90. The van der Waals surface area contributed by atoms with Crippen molar-refractivity contribution in [1.29, 1.82) is 5.26 Å². The first-order chi connectivity index (χ1) is 23.4. The third-order valence-corrected chi connectivity index (χ3v) is 9.55. The molecule has 5 aromatic rings. The Morgan fingerprint density at radius 3 is 2.00 bits per heavy atom. The normalized spacial score (nSPS) is 14.6. The molecule has 1 aliphatic rings. The summed E-state index contributed by atoms with van der Waals surface area (Å²) in [6.07, 6.45) is 1.14. The van der Waals surface area contributed by atoms with Crippen LogP contribution in [-0.2, 0) is 11.3 Å². The molecular formula is C38H32F2N4O3S. The molecule has 2 heterocycles. The molecular weight excluding hydrogens is 631 g/mol. The number of ether oxygens (including phenoxy) is 1. The molecule has 0 radical (unpaired) electrons. The molecule has 1 saturated heterocycles. The minimum atomic E-state index is -0.825. The van der Waals surface area contributed by atoms with E-state index in [9.17, 15) is 23.6 Å². The maximum atomic E-state index is 14.6. The molecule has 0 saturated carbocycles. The Morgan fingerprint density at radius 1 is 0.875 bits per heavy atom. The molecule has 242 valence electrons. The Bertz CT molecular complexity index is 2080. The molecule has 4 aromatic carbocycles. The predicted molar refractivity (Wildman–Crippen MR) is 182 cm³/mol. The van der Waals surface area contributed by atoms with Crippen LogP contribution in [0.25, 0.3) is 11.6 Å². The molecule has 1 aliphatic heterocycles. The lowest BCUT2D eigenvalue weighted by atomic mass is 9.96. The Morgan fingerprint density at radius 2 is 1.46 bits per heavy atom. The van der Waals surface area contributed by atoms with Crippen LogP contribution in [0.5, 0.6) is 5.75 Å². The van der Waals surface area contributed by atoms with Crippen LogP contribution in [0.15, 0.2) is 108 Å². The molecule has 48 heavy (non-hydrogen) atoms. The lowest BCUT2D eigenvalue weighted by Crippen LogP contribution is -2.50. The van der Waals surface area contributed by atoms with E-state index in [4.69, 9.17) is 4.74 Å². The maximum Gasteiger partial charge on any atom is 0.269 e. The number of amides is 1. The van der Waals surface area contributed by atoms with Crippen LogP contribution in [0, 0.1) is 23.0 Å². The molecule has 1 amide bonds. The van der Waals surface area contributed by atoms with Gasteiger partial charge in [-0.1, -0.05) is 78.9 Å². The largest absolute Gasteiger partial charge is 0.497 e. The second-order valence-corrected chi connectivity index (χ2v) is 12.4. The first kappa shape index (κ1) is 32.6. The number of piperazine rings is 1. The van der Waals surface area contributed by atoms with Crippen molar-refractivity contribution in [3.05, 3.63) is 157 Å². The number of halogens is 2. The van der Waals surface area contributed by atoms with Crippen molar-refractivity contribution >= 4 is 28.9 Å². The summed E-state index contributed by atoms with van der Waals surface area (Å²) in [5.74, 6) is -1.52. The van der Waals surface area contributed by atoms with Crippen molar-refractivity contribution < 1.29 is 18.3 Å². The number of nitrogens with zero attached hydrogens (tertiary/aromatic N) is 4. The van der Waals surface area contributed by atoms with Gasteiger partial charge in [0.2, 0.25) is 0 Å². The molecule has 6 rings (SSSR count). The van der Waals surface area contributed by atoms with Gasteiger partial charge in [-0.2, -0.15) is 5.26 Å². The highest BCUT2D eigenvalue weighted by atomic mass is 32.1. The number of aromatic nitrogens is 1. The van der Waals surface area contributed by atoms with Gasteiger partial charge in [0.05, 0.1) is 24.2 Å². The Labute approximate surface area is 280 Å². The number of methoxy groups -OCH3 is 1. The third-order valence-electron chi connectivity index (χ3n) is 8.42. The number of hydrogen-bond donors (Lipinski definition) is 0. The number of rotatable bonds is 8. The fourth-order valence-electron chi connectivity index (χ4n) is 5.96. The van der Waals surface area contributed by atoms with Crippen LogP contribution in [-0.4, -0.2) is 53.6 Å². The van der Waals surface area contributed by atoms with Gasteiger partial charge in [0.15, 0.2) is 5.57 Å². The van der Waals surface area contributed by atoms with E-state index in [1.807, 2.05) is 36.4 Å². The van der Waals surface area contributed by atoms with Crippen LogP contribution in [0.3, 0.4) is 0 Å². The van der Waals surface area contributed by atoms with Gasteiger partial charge in [-0.25, -0.2) is 8.78 Å². The number of benzene rings is 4. The molecule has 10 heteroatoms. The number of carbonyl (C=O) groups excluding carboxylic acids is 1. The molecule has 0 aliphatic carbocycles. The van der Waals surface area contributed by atoms with Crippen LogP contribution in [0.1, 0.15) is 28.3 Å². The molecule has 1 fully saturated rings. The van der Waals surface area contributed by atoms with Gasteiger partial charge >= 0.3 is 0 Å². The zero-order chi connectivity index (χ0) is 33.6. The fourth-order valence-corrected chi connectivity index (χ4v) is 7.03. The highest BCUT2D eigenvalue weighted by Gasteiger charge is 2.30. The summed E-state index contributed by atoms with van der Waals surface area (Å²) in [7, 11) is 1.55. The lowest BCUT2D eigenvalue weighted by Gasteiger charge is -2.39. The first-order valence-electron chi connectivity index (χ1n) is 15.4. The van der Waals surface area contributed by atoms with Crippen LogP contribution < -0.4 is 19.5 Å². The van der Waals surface area contributed by atoms with E-state index in [0.717, 1.165) is 40.7 Å². The molecule has 7 nitrogen and oxygen atoms in total. The van der Waals surface area contributed by atoms with Crippen molar-refractivity contribution in [2.45, 2.75) is 12.6 Å². The van der Waals surface area contributed by atoms with Crippen molar-refractivity contribution in [2.24, 2.45) is 0 Å². The van der Waals surface area contributed by atoms with E-state index in [1.165, 1.54) is 10.6 Å². The standard InChI is InChI=1S/C38H32F2N4O3S/c1-47-29-17-15-26(16-18-29)25-44-37(46)34(23-30-32(39)13-8-14-33(30)40)48-38(44)31(24-41)36(45)43-21-19-42(20-22-43)35(27-9-4-2-5-10-27)28-11-6-3-7-12-28/h2-18,23,35H,19-22,25H2,1H3. The molecule has 0 spiro atoms. The molecule has 1 aromatic heterocycles. The van der Waals surface area contributed by atoms with Gasteiger partial charge in [-0.3, -0.25) is 19.1 Å². The third kappa shape index (κ3) is 6.83. The molecule has 0 atom stereocenters. The average molecular weight is 663 g/mol. The topological polar surface area (TPSA) is 78.6 Å². The summed E-state index contributed by atoms with van der Waals surface area (Å²) in [6, 6.07) is 32.9. The van der Waals surface area contributed by atoms with Crippen molar-refractivity contribution in [2.75, 3.05) is 33.3 Å². The Balaban J connectivity index is 1.36. The monoisotopic (exact) mass is 662 g/mol. The second-order valence-electron chi connectivity index (χ2n) is 11.3.